The highest BCUT2D eigenvalue weighted by molar-refractivity contribution is 7.89. The number of H-pyrrole nitrogens is 1. The molecule has 3 heterocycles. The molecule has 0 radical (unpaired) electrons. The molecule has 2 fully saturated rings. The van der Waals surface area contributed by atoms with E-state index in [1.807, 2.05) is 0 Å². The van der Waals surface area contributed by atoms with Crippen molar-refractivity contribution < 1.29 is 8.42 Å². The number of hydrogen-bond acceptors (Lipinski definition) is 4. The number of nitrogens with one attached hydrogen (secondary N) is 1. The van der Waals surface area contributed by atoms with E-state index in [-0.39, 0.29) is 5.03 Å². The van der Waals surface area contributed by atoms with Crippen molar-refractivity contribution in [1.82, 2.24) is 19.2 Å². The van der Waals surface area contributed by atoms with Gasteiger partial charge < -0.3 is 4.98 Å². The SMILES string of the molecule is O=S(=O)(c1cnc[nH]1)N1CCN2CCCC2C1. The minimum Gasteiger partial charge on any atom is -0.335 e. The molecule has 1 atom stereocenters. The van der Waals surface area contributed by atoms with Crippen LogP contribution in [0.3, 0.4) is 0 Å². The molecule has 0 amide bonds. The van der Waals surface area contributed by atoms with Crippen LogP contribution < -0.4 is 0 Å². The molecular weight excluding hydrogens is 240 g/mol. The molecule has 2 saturated heterocycles. The van der Waals surface area contributed by atoms with Crippen LogP contribution in [0, 0.1) is 0 Å². The molecular formula is C10H16N4O2S. The second-order valence-electron chi connectivity index (χ2n) is 4.61. The van der Waals surface area contributed by atoms with Crippen molar-refractivity contribution >= 4 is 10.0 Å². The predicted octanol–water partition coefficient (Wildman–Crippen LogP) is -0.122. The van der Waals surface area contributed by atoms with E-state index >= 15 is 0 Å². The third-order valence-corrected chi connectivity index (χ3v) is 5.43. The van der Waals surface area contributed by atoms with Gasteiger partial charge >= 0.3 is 0 Å². The Morgan fingerprint density at radius 2 is 2.24 bits per heavy atom. The Morgan fingerprint density at radius 1 is 1.35 bits per heavy atom. The maximum Gasteiger partial charge on any atom is 0.260 e. The number of imidazole rings is 1. The highest BCUT2D eigenvalue weighted by atomic mass is 32.2. The third-order valence-electron chi connectivity index (χ3n) is 3.64. The summed E-state index contributed by atoms with van der Waals surface area (Å²) in [7, 11) is -3.37. The van der Waals surface area contributed by atoms with E-state index in [2.05, 4.69) is 14.9 Å². The average Bonchev–Trinajstić information content (AvgIpc) is 2.99. The molecule has 17 heavy (non-hydrogen) atoms. The second-order valence-corrected chi connectivity index (χ2v) is 6.52. The Bertz CT molecular complexity index is 484. The molecule has 0 saturated carbocycles. The summed E-state index contributed by atoms with van der Waals surface area (Å²) in [5.41, 5.74) is 0. The summed E-state index contributed by atoms with van der Waals surface area (Å²) in [6.45, 7) is 3.15. The third kappa shape index (κ3) is 1.88. The van der Waals surface area contributed by atoms with Crippen molar-refractivity contribution in [3.63, 3.8) is 0 Å². The number of nitrogens with zero attached hydrogens (tertiary/aromatic N) is 3. The van der Waals surface area contributed by atoms with Gasteiger partial charge in [-0.1, -0.05) is 0 Å². The predicted molar refractivity (Wildman–Crippen MR) is 61.9 cm³/mol. The van der Waals surface area contributed by atoms with Gasteiger partial charge in [0.05, 0.1) is 12.5 Å². The molecule has 0 aliphatic carbocycles. The lowest BCUT2D eigenvalue weighted by Gasteiger charge is -2.36. The van der Waals surface area contributed by atoms with Crippen LogP contribution in [0.2, 0.25) is 0 Å². The molecule has 2 aliphatic rings. The van der Waals surface area contributed by atoms with Crippen molar-refractivity contribution in [1.29, 1.82) is 0 Å². The van der Waals surface area contributed by atoms with Crippen LogP contribution in [0.1, 0.15) is 12.8 Å². The van der Waals surface area contributed by atoms with Crippen LogP contribution in [-0.4, -0.2) is 59.8 Å². The van der Waals surface area contributed by atoms with Crippen molar-refractivity contribution in [2.45, 2.75) is 23.9 Å². The van der Waals surface area contributed by atoms with Gasteiger partial charge in [0, 0.05) is 25.7 Å². The summed E-state index contributed by atoms with van der Waals surface area (Å²) in [5, 5.41) is 0.198. The zero-order valence-electron chi connectivity index (χ0n) is 9.54. The Kier molecular flexibility index (Phi) is 2.68. The van der Waals surface area contributed by atoms with Gasteiger partial charge in [-0.25, -0.2) is 13.4 Å². The number of sulfonamides is 1. The summed E-state index contributed by atoms with van der Waals surface area (Å²) >= 11 is 0. The van der Waals surface area contributed by atoms with E-state index in [4.69, 9.17) is 0 Å². The first-order chi connectivity index (χ1) is 8.18. The van der Waals surface area contributed by atoms with Gasteiger partial charge in [-0.2, -0.15) is 4.31 Å². The summed E-state index contributed by atoms with van der Waals surface area (Å²) in [4.78, 5) is 8.85. The number of piperazine rings is 1. The molecule has 1 aromatic rings. The maximum absolute atomic E-state index is 12.3. The van der Waals surface area contributed by atoms with Gasteiger partial charge in [0.1, 0.15) is 0 Å². The smallest absolute Gasteiger partial charge is 0.260 e. The van der Waals surface area contributed by atoms with E-state index in [1.54, 1.807) is 4.31 Å². The number of hydrogen-bond donors (Lipinski definition) is 1. The molecule has 1 unspecified atom stereocenters. The first kappa shape index (κ1) is 11.2. The van der Waals surface area contributed by atoms with Crippen LogP contribution in [0.15, 0.2) is 17.6 Å². The fourth-order valence-corrected chi connectivity index (χ4v) is 4.07. The maximum atomic E-state index is 12.3. The van der Waals surface area contributed by atoms with Crippen LogP contribution in [0.4, 0.5) is 0 Å². The average molecular weight is 256 g/mol. The lowest BCUT2D eigenvalue weighted by atomic mass is 10.2. The van der Waals surface area contributed by atoms with Gasteiger partial charge in [-0.15, -0.1) is 0 Å². The van der Waals surface area contributed by atoms with E-state index in [1.165, 1.54) is 18.9 Å². The van der Waals surface area contributed by atoms with Crippen molar-refractivity contribution in [3.8, 4) is 0 Å². The first-order valence-corrected chi connectivity index (χ1v) is 7.34. The van der Waals surface area contributed by atoms with Crippen LogP contribution in [-0.2, 0) is 10.0 Å². The summed E-state index contributed by atoms with van der Waals surface area (Å²) in [6.07, 6.45) is 5.06. The summed E-state index contributed by atoms with van der Waals surface area (Å²) in [6, 6.07) is 0.404. The fourth-order valence-electron chi connectivity index (χ4n) is 2.70. The zero-order valence-corrected chi connectivity index (χ0v) is 10.4. The highest BCUT2D eigenvalue weighted by Gasteiger charge is 2.36. The highest BCUT2D eigenvalue weighted by Crippen LogP contribution is 2.24. The first-order valence-electron chi connectivity index (χ1n) is 5.90. The van der Waals surface area contributed by atoms with Gasteiger partial charge in [-0.3, -0.25) is 4.90 Å². The van der Waals surface area contributed by atoms with Crippen LogP contribution >= 0.6 is 0 Å². The Balaban J connectivity index is 1.81. The van der Waals surface area contributed by atoms with Crippen LogP contribution in [0.25, 0.3) is 0 Å². The number of aromatic nitrogens is 2. The lowest BCUT2D eigenvalue weighted by molar-refractivity contribution is 0.158. The number of fused-ring (bicyclic) bond motifs is 1. The van der Waals surface area contributed by atoms with Gasteiger partial charge in [0.15, 0.2) is 5.03 Å². The molecule has 2 aliphatic heterocycles. The van der Waals surface area contributed by atoms with E-state index < -0.39 is 10.0 Å². The quantitative estimate of drug-likeness (QED) is 0.801. The van der Waals surface area contributed by atoms with Gasteiger partial charge in [0.25, 0.3) is 10.0 Å². The second kappa shape index (κ2) is 4.08. The molecule has 1 aromatic heterocycles. The van der Waals surface area contributed by atoms with Crippen LogP contribution in [0.5, 0.6) is 0 Å². The molecule has 0 aromatic carbocycles. The van der Waals surface area contributed by atoms with Gasteiger partial charge in [-0.05, 0) is 19.4 Å². The molecule has 0 spiro atoms. The normalized spacial score (nSPS) is 27.2. The Morgan fingerprint density at radius 3 is 3.00 bits per heavy atom. The number of aromatic amines is 1. The fraction of sp³-hybridized carbons (Fsp3) is 0.700. The van der Waals surface area contributed by atoms with Gasteiger partial charge in [0.2, 0.25) is 0 Å². The topological polar surface area (TPSA) is 69.3 Å². The zero-order chi connectivity index (χ0) is 11.9. The molecule has 3 rings (SSSR count). The summed E-state index contributed by atoms with van der Waals surface area (Å²) in [5.74, 6) is 0. The number of rotatable bonds is 2. The molecule has 0 bridgehead atoms. The molecule has 6 nitrogen and oxygen atoms in total. The molecule has 94 valence electrons. The van der Waals surface area contributed by atoms with Crippen molar-refractivity contribution in [2.24, 2.45) is 0 Å². The lowest BCUT2D eigenvalue weighted by Crippen LogP contribution is -2.51. The molecule has 1 N–H and O–H groups in total. The largest absolute Gasteiger partial charge is 0.335 e. The standard InChI is InChI=1S/C10H16N4O2S/c15-17(16,10-6-11-8-12-10)14-5-4-13-3-1-2-9(13)7-14/h6,8-9H,1-5,7H2,(H,11,12). The van der Waals surface area contributed by atoms with Crippen molar-refractivity contribution in [3.05, 3.63) is 12.5 Å². The van der Waals surface area contributed by atoms with E-state index in [9.17, 15) is 8.42 Å². The minimum absolute atomic E-state index is 0.198. The monoisotopic (exact) mass is 256 g/mol. The molecule has 7 heteroatoms. The Hall–Kier alpha value is -0.920. The summed E-state index contributed by atoms with van der Waals surface area (Å²) < 4.78 is 26.1. The van der Waals surface area contributed by atoms with E-state index in [0.29, 0.717) is 19.1 Å². The Labute approximate surface area is 101 Å². The van der Waals surface area contributed by atoms with E-state index in [0.717, 1.165) is 19.5 Å². The minimum atomic E-state index is -3.37. The van der Waals surface area contributed by atoms with Crippen molar-refractivity contribution in [2.75, 3.05) is 26.2 Å².